The van der Waals surface area contributed by atoms with E-state index in [1.54, 1.807) is 6.33 Å². The molecule has 6 nitrogen and oxygen atoms in total. The second-order valence-electron chi connectivity index (χ2n) is 9.53. The summed E-state index contributed by atoms with van der Waals surface area (Å²) in [5.41, 5.74) is 3.59. The van der Waals surface area contributed by atoms with E-state index >= 15 is 0 Å². The molecule has 0 bridgehead atoms. The molecule has 32 heavy (non-hydrogen) atoms. The van der Waals surface area contributed by atoms with Crippen molar-refractivity contribution in [3.05, 3.63) is 52.4 Å². The Morgan fingerprint density at radius 2 is 1.81 bits per heavy atom. The van der Waals surface area contributed by atoms with E-state index in [1.165, 1.54) is 11.3 Å². The third-order valence-electron chi connectivity index (χ3n) is 7.60. The van der Waals surface area contributed by atoms with Crippen LogP contribution in [0.2, 0.25) is 5.02 Å². The number of amides is 1. The van der Waals surface area contributed by atoms with Crippen LogP contribution in [0.4, 0.5) is 5.82 Å². The van der Waals surface area contributed by atoms with E-state index in [9.17, 15) is 4.79 Å². The number of aryl methyl sites for hydroxylation is 1. The lowest BCUT2D eigenvalue weighted by atomic mass is 9.88. The molecule has 3 heterocycles. The Bertz CT molecular complexity index is 973. The lowest BCUT2D eigenvalue weighted by Crippen LogP contribution is -2.52. The average Bonchev–Trinajstić information content (AvgIpc) is 3.41. The monoisotopic (exact) mass is 453 g/mol. The second-order valence-corrected chi connectivity index (χ2v) is 9.97. The molecule has 0 radical (unpaired) electrons. The quantitative estimate of drug-likeness (QED) is 0.706. The molecule has 2 fully saturated rings. The first-order valence-corrected chi connectivity index (χ1v) is 12.2. The molecule has 5 rings (SSSR count). The number of hydrogen-bond donors (Lipinski definition) is 0. The summed E-state index contributed by atoms with van der Waals surface area (Å²) in [6.45, 7) is 6.41. The van der Waals surface area contributed by atoms with Crippen LogP contribution < -0.4 is 4.90 Å². The number of rotatable bonds is 4. The van der Waals surface area contributed by atoms with Crippen molar-refractivity contribution in [3.8, 4) is 0 Å². The van der Waals surface area contributed by atoms with Gasteiger partial charge in [-0.2, -0.15) is 0 Å². The summed E-state index contributed by atoms with van der Waals surface area (Å²) in [7, 11) is 2.14. The number of likely N-dealkylation sites (N-methyl/N-ethyl adjacent to an activating group) is 1. The first kappa shape index (κ1) is 21.7. The number of piperazine rings is 1. The molecule has 3 atom stereocenters. The van der Waals surface area contributed by atoms with Crippen molar-refractivity contribution in [2.75, 3.05) is 44.7 Å². The Balaban J connectivity index is 1.33. The van der Waals surface area contributed by atoms with Gasteiger partial charge < -0.3 is 14.7 Å². The Morgan fingerprint density at radius 1 is 1.06 bits per heavy atom. The maximum absolute atomic E-state index is 13.8. The number of carbonyl (C=O) groups excluding carboxylic acids is 1. The minimum atomic E-state index is -0.144. The van der Waals surface area contributed by atoms with Crippen LogP contribution in [-0.4, -0.2) is 71.5 Å². The van der Waals surface area contributed by atoms with Gasteiger partial charge in [-0.3, -0.25) is 4.79 Å². The van der Waals surface area contributed by atoms with Crippen LogP contribution in [0.5, 0.6) is 0 Å². The number of carbonyl (C=O) groups is 1. The van der Waals surface area contributed by atoms with Gasteiger partial charge in [0.15, 0.2) is 0 Å². The van der Waals surface area contributed by atoms with E-state index in [0.717, 1.165) is 69.8 Å². The van der Waals surface area contributed by atoms with Crippen LogP contribution in [0.25, 0.3) is 0 Å². The molecule has 1 aliphatic carbocycles. The van der Waals surface area contributed by atoms with Crippen molar-refractivity contribution in [1.29, 1.82) is 0 Å². The fourth-order valence-electron chi connectivity index (χ4n) is 5.77. The molecule has 0 unspecified atom stereocenters. The van der Waals surface area contributed by atoms with Gasteiger partial charge in [-0.15, -0.1) is 0 Å². The number of halogens is 1. The highest BCUT2D eigenvalue weighted by atomic mass is 35.5. The standard InChI is InChI=1S/C25H32ClN5O/c1-17-5-10-20-22(17)24(28-16-27-20)30-12-14-31(15-13-30)25(32)23(21-4-3-11-29(21)2)18-6-8-19(26)9-7-18/h6-9,16-17,21,23H,3-5,10-15H2,1-2H3/t17-,21+,23+/m1/s1. The summed E-state index contributed by atoms with van der Waals surface area (Å²) in [6, 6.07) is 8.10. The minimum absolute atomic E-state index is 0.144. The largest absolute Gasteiger partial charge is 0.353 e. The first-order chi connectivity index (χ1) is 15.5. The summed E-state index contributed by atoms with van der Waals surface area (Å²) in [5.74, 6) is 1.69. The molecule has 0 spiro atoms. The maximum Gasteiger partial charge on any atom is 0.231 e. The summed E-state index contributed by atoms with van der Waals surface area (Å²) >= 11 is 6.14. The van der Waals surface area contributed by atoms with Crippen LogP contribution in [0.3, 0.4) is 0 Å². The van der Waals surface area contributed by atoms with Gasteiger partial charge in [0.05, 0.1) is 5.92 Å². The van der Waals surface area contributed by atoms with E-state index in [0.29, 0.717) is 10.9 Å². The van der Waals surface area contributed by atoms with Crippen LogP contribution in [0, 0.1) is 0 Å². The van der Waals surface area contributed by atoms with Crippen LogP contribution in [-0.2, 0) is 11.2 Å². The van der Waals surface area contributed by atoms with Crippen molar-refractivity contribution < 1.29 is 4.79 Å². The average molecular weight is 454 g/mol. The molecule has 0 N–H and O–H groups in total. The van der Waals surface area contributed by atoms with E-state index < -0.39 is 0 Å². The first-order valence-electron chi connectivity index (χ1n) is 11.9. The highest BCUT2D eigenvalue weighted by Gasteiger charge is 2.38. The van der Waals surface area contributed by atoms with E-state index in [2.05, 4.69) is 38.6 Å². The van der Waals surface area contributed by atoms with E-state index in [-0.39, 0.29) is 17.9 Å². The maximum atomic E-state index is 13.8. The Morgan fingerprint density at radius 3 is 2.50 bits per heavy atom. The molecular formula is C25H32ClN5O. The fourth-order valence-corrected chi connectivity index (χ4v) is 5.89. The number of hydrogen-bond acceptors (Lipinski definition) is 5. The molecule has 1 aromatic heterocycles. The van der Waals surface area contributed by atoms with Gasteiger partial charge in [-0.1, -0.05) is 30.7 Å². The number of benzene rings is 1. The molecule has 3 aliphatic rings. The number of anilines is 1. The summed E-state index contributed by atoms with van der Waals surface area (Å²) < 4.78 is 0. The lowest BCUT2D eigenvalue weighted by molar-refractivity contribution is -0.134. The van der Waals surface area contributed by atoms with Gasteiger partial charge >= 0.3 is 0 Å². The molecule has 170 valence electrons. The summed E-state index contributed by atoms with van der Waals surface area (Å²) in [5, 5.41) is 0.708. The van der Waals surface area contributed by atoms with Crippen molar-refractivity contribution >= 4 is 23.3 Å². The molecular weight excluding hydrogens is 422 g/mol. The predicted octanol–water partition coefficient (Wildman–Crippen LogP) is 3.71. The molecule has 1 amide bonds. The number of aromatic nitrogens is 2. The molecule has 2 aromatic rings. The van der Waals surface area contributed by atoms with Gasteiger partial charge in [0, 0.05) is 48.5 Å². The second kappa shape index (κ2) is 8.99. The SMILES string of the molecule is C[C@@H]1CCc2ncnc(N3CCN(C(=O)[C@@H](c4ccc(Cl)cc4)[C@@H]4CCCN4C)CC3)c21. The van der Waals surface area contributed by atoms with Gasteiger partial charge in [-0.05, 0) is 62.9 Å². The highest BCUT2D eigenvalue weighted by Crippen LogP contribution is 2.38. The van der Waals surface area contributed by atoms with Gasteiger partial charge in [0.2, 0.25) is 5.91 Å². The van der Waals surface area contributed by atoms with Gasteiger partial charge in [0.1, 0.15) is 12.1 Å². The lowest BCUT2D eigenvalue weighted by Gasteiger charge is -2.39. The fraction of sp³-hybridized carbons (Fsp3) is 0.560. The smallest absolute Gasteiger partial charge is 0.231 e. The predicted molar refractivity (Wildman–Crippen MR) is 127 cm³/mol. The van der Waals surface area contributed by atoms with Crippen molar-refractivity contribution in [3.63, 3.8) is 0 Å². The van der Waals surface area contributed by atoms with Crippen LogP contribution in [0.1, 0.15) is 54.8 Å². The summed E-state index contributed by atoms with van der Waals surface area (Å²) in [6.07, 6.45) is 6.10. The van der Waals surface area contributed by atoms with Crippen LogP contribution in [0.15, 0.2) is 30.6 Å². The highest BCUT2D eigenvalue weighted by molar-refractivity contribution is 6.30. The topological polar surface area (TPSA) is 52.6 Å². The Kier molecular flexibility index (Phi) is 6.08. The molecule has 1 aromatic carbocycles. The zero-order valence-electron chi connectivity index (χ0n) is 19.0. The van der Waals surface area contributed by atoms with Gasteiger partial charge in [0.25, 0.3) is 0 Å². The number of fused-ring (bicyclic) bond motifs is 1. The summed E-state index contributed by atoms with van der Waals surface area (Å²) in [4.78, 5) is 29.7. The van der Waals surface area contributed by atoms with E-state index in [4.69, 9.17) is 11.6 Å². The molecule has 2 aliphatic heterocycles. The zero-order chi connectivity index (χ0) is 22.2. The van der Waals surface area contributed by atoms with E-state index in [1.807, 2.05) is 24.3 Å². The van der Waals surface area contributed by atoms with Crippen molar-refractivity contribution in [1.82, 2.24) is 19.8 Å². The number of likely N-dealkylation sites (tertiary alicyclic amines) is 1. The van der Waals surface area contributed by atoms with Crippen LogP contribution >= 0.6 is 11.6 Å². The Hall–Kier alpha value is -2.18. The third kappa shape index (κ3) is 3.99. The number of nitrogens with zero attached hydrogens (tertiary/aromatic N) is 5. The van der Waals surface area contributed by atoms with Gasteiger partial charge in [-0.25, -0.2) is 9.97 Å². The molecule has 2 saturated heterocycles. The molecule has 7 heteroatoms. The molecule has 0 saturated carbocycles. The normalized spacial score (nSPS) is 24.6. The third-order valence-corrected chi connectivity index (χ3v) is 7.85. The Labute approximate surface area is 195 Å². The van der Waals surface area contributed by atoms with Crippen molar-refractivity contribution in [2.45, 2.75) is 50.5 Å². The minimum Gasteiger partial charge on any atom is -0.353 e. The zero-order valence-corrected chi connectivity index (χ0v) is 19.8. The van der Waals surface area contributed by atoms with Crippen molar-refractivity contribution in [2.24, 2.45) is 0 Å².